The summed E-state index contributed by atoms with van der Waals surface area (Å²) in [6, 6.07) is 19.9. The highest BCUT2D eigenvalue weighted by Gasteiger charge is 2.16. The Hall–Kier alpha value is -3.53. The van der Waals surface area contributed by atoms with Crippen LogP contribution in [0.4, 0.5) is 5.69 Å². The predicted molar refractivity (Wildman–Crippen MR) is 129 cm³/mol. The summed E-state index contributed by atoms with van der Waals surface area (Å²) < 4.78 is 22.5. The lowest BCUT2D eigenvalue weighted by Gasteiger charge is -2.23. The second-order valence-electron chi connectivity index (χ2n) is 7.66. The van der Waals surface area contributed by atoms with E-state index in [1.807, 2.05) is 42.5 Å². The Morgan fingerprint density at radius 3 is 2.76 bits per heavy atom. The number of pyridine rings is 1. The standard InChI is InChI=1S/C27H28N2O4/c1-20-10-11-21(7-6-12-28-22-8-4-3-5-9-22)15-25(20)26-16-23(17-27(29-26)30-2)33-19-24-18-31-13-14-32-24/h3-5,8-11,15-17,24,28H,12-14,18-19H2,1-2H3/t24-/m1/s1. The molecule has 0 spiro atoms. The lowest BCUT2D eigenvalue weighted by molar-refractivity contribution is -0.101. The molecule has 1 aliphatic rings. The molecule has 1 aromatic heterocycles. The van der Waals surface area contributed by atoms with Crippen molar-refractivity contribution < 1.29 is 18.9 Å². The Labute approximate surface area is 194 Å². The fourth-order valence-electron chi connectivity index (χ4n) is 3.45. The number of para-hydroxylation sites is 1. The molecule has 0 amide bonds. The third-order valence-electron chi connectivity index (χ3n) is 5.21. The molecule has 0 unspecified atom stereocenters. The molecule has 2 aromatic carbocycles. The highest BCUT2D eigenvalue weighted by molar-refractivity contribution is 5.67. The molecule has 1 atom stereocenters. The van der Waals surface area contributed by atoms with Crippen molar-refractivity contribution in [3.05, 3.63) is 71.8 Å². The molecule has 2 heterocycles. The van der Waals surface area contributed by atoms with Crippen molar-refractivity contribution in [2.45, 2.75) is 13.0 Å². The molecule has 33 heavy (non-hydrogen) atoms. The van der Waals surface area contributed by atoms with Crippen LogP contribution in [0.25, 0.3) is 11.3 Å². The molecule has 0 aliphatic carbocycles. The molecular formula is C27H28N2O4. The maximum absolute atomic E-state index is 5.98. The van der Waals surface area contributed by atoms with Gasteiger partial charge in [0.25, 0.3) is 0 Å². The number of aryl methyl sites for hydroxylation is 1. The van der Waals surface area contributed by atoms with E-state index in [0.717, 1.165) is 28.1 Å². The summed E-state index contributed by atoms with van der Waals surface area (Å²) in [6.07, 6.45) is -0.0776. The number of aromatic nitrogens is 1. The number of nitrogens with one attached hydrogen (secondary N) is 1. The highest BCUT2D eigenvalue weighted by atomic mass is 16.6. The number of hydrogen-bond donors (Lipinski definition) is 1. The van der Waals surface area contributed by atoms with Gasteiger partial charge in [-0.2, -0.15) is 0 Å². The van der Waals surface area contributed by atoms with Crippen LogP contribution in [-0.2, 0) is 9.47 Å². The third-order valence-corrected chi connectivity index (χ3v) is 5.21. The molecule has 170 valence electrons. The van der Waals surface area contributed by atoms with Gasteiger partial charge in [0.1, 0.15) is 18.5 Å². The zero-order chi connectivity index (χ0) is 22.9. The second kappa shape index (κ2) is 11.4. The molecule has 6 heteroatoms. The van der Waals surface area contributed by atoms with E-state index >= 15 is 0 Å². The normalized spacial score (nSPS) is 15.3. The minimum atomic E-state index is -0.0776. The first-order valence-electron chi connectivity index (χ1n) is 11.0. The summed E-state index contributed by atoms with van der Waals surface area (Å²) >= 11 is 0. The van der Waals surface area contributed by atoms with Gasteiger partial charge < -0.3 is 24.3 Å². The van der Waals surface area contributed by atoms with Crippen molar-refractivity contribution in [2.75, 3.05) is 45.4 Å². The first-order valence-corrected chi connectivity index (χ1v) is 11.0. The minimum Gasteiger partial charge on any atom is -0.491 e. The zero-order valence-corrected chi connectivity index (χ0v) is 19.0. The van der Waals surface area contributed by atoms with Crippen LogP contribution in [0.5, 0.6) is 11.6 Å². The molecule has 0 radical (unpaired) electrons. The molecular weight excluding hydrogens is 416 g/mol. The van der Waals surface area contributed by atoms with Crippen molar-refractivity contribution in [1.29, 1.82) is 0 Å². The zero-order valence-electron chi connectivity index (χ0n) is 19.0. The summed E-state index contributed by atoms with van der Waals surface area (Å²) in [6.45, 7) is 4.78. The quantitative estimate of drug-likeness (QED) is 0.548. The first-order chi connectivity index (χ1) is 16.2. The fourth-order valence-corrected chi connectivity index (χ4v) is 3.45. The van der Waals surface area contributed by atoms with Crippen molar-refractivity contribution >= 4 is 5.69 Å². The molecule has 0 bridgehead atoms. The van der Waals surface area contributed by atoms with Crippen molar-refractivity contribution in [1.82, 2.24) is 4.98 Å². The molecule has 6 nitrogen and oxygen atoms in total. The number of methoxy groups -OCH3 is 1. The Morgan fingerprint density at radius 2 is 1.97 bits per heavy atom. The van der Waals surface area contributed by atoms with Crippen LogP contribution < -0.4 is 14.8 Å². The van der Waals surface area contributed by atoms with Crippen LogP contribution in [0.1, 0.15) is 11.1 Å². The summed E-state index contributed by atoms with van der Waals surface area (Å²) in [4.78, 5) is 4.64. The Morgan fingerprint density at radius 1 is 1.09 bits per heavy atom. The fraction of sp³-hybridized carbons (Fsp3) is 0.296. The van der Waals surface area contributed by atoms with Crippen LogP contribution in [0.15, 0.2) is 60.7 Å². The van der Waals surface area contributed by atoms with Crippen LogP contribution in [0.2, 0.25) is 0 Å². The van der Waals surface area contributed by atoms with Gasteiger partial charge in [0.05, 0.1) is 39.2 Å². The van der Waals surface area contributed by atoms with E-state index < -0.39 is 0 Å². The van der Waals surface area contributed by atoms with Gasteiger partial charge in [-0.1, -0.05) is 36.1 Å². The van der Waals surface area contributed by atoms with Crippen LogP contribution >= 0.6 is 0 Å². The number of anilines is 1. The smallest absolute Gasteiger partial charge is 0.217 e. The van der Waals surface area contributed by atoms with Gasteiger partial charge in [-0.05, 0) is 36.8 Å². The van der Waals surface area contributed by atoms with E-state index in [-0.39, 0.29) is 6.10 Å². The monoisotopic (exact) mass is 444 g/mol. The Bertz CT molecular complexity index is 1120. The summed E-state index contributed by atoms with van der Waals surface area (Å²) in [5.41, 5.74) is 4.83. The lowest BCUT2D eigenvalue weighted by atomic mass is 10.0. The highest BCUT2D eigenvalue weighted by Crippen LogP contribution is 2.29. The van der Waals surface area contributed by atoms with E-state index in [1.54, 1.807) is 13.2 Å². The minimum absolute atomic E-state index is 0.0776. The van der Waals surface area contributed by atoms with Crippen molar-refractivity contribution in [3.63, 3.8) is 0 Å². The average Bonchev–Trinajstić information content (AvgIpc) is 2.87. The van der Waals surface area contributed by atoms with E-state index in [0.29, 0.717) is 44.6 Å². The summed E-state index contributed by atoms with van der Waals surface area (Å²) in [7, 11) is 1.60. The molecule has 0 saturated carbocycles. The second-order valence-corrected chi connectivity index (χ2v) is 7.66. The molecule has 1 aliphatic heterocycles. The number of hydrogen-bond acceptors (Lipinski definition) is 6. The molecule has 3 aromatic rings. The molecule has 1 saturated heterocycles. The lowest BCUT2D eigenvalue weighted by Crippen LogP contribution is -2.33. The molecule has 1 N–H and O–H groups in total. The summed E-state index contributed by atoms with van der Waals surface area (Å²) in [5, 5.41) is 3.30. The van der Waals surface area contributed by atoms with Gasteiger partial charge in [-0.15, -0.1) is 0 Å². The maximum Gasteiger partial charge on any atom is 0.217 e. The van der Waals surface area contributed by atoms with Gasteiger partial charge in [-0.3, -0.25) is 0 Å². The third kappa shape index (κ3) is 6.48. The van der Waals surface area contributed by atoms with Gasteiger partial charge in [0.15, 0.2) is 0 Å². The van der Waals surface area contributed by atoms with Gasteiger partial charge in [0.2, 0.25) is 5.88 Å². The maximum atomic E-state index is 5.98. The Balaban J connectivity index is 1.49. The van der Waals surface area contributed by atoms with Gasteiger partial charge in [-0.25, -0.2) is 4.98 Å². The number of ether oxygens (including phenoxy) is 4. The topological polar surface area (TPSA) is 61.8 Å². The van der Waals surface area contributed by atoms with Crippen LogP contribution in [0, 0.1) is 18.8 Å². The number of benzene rings is 2. The molecule has 4 rings (SSSR count). The van der Waals surface area contributed by atoms with Crippen molar-refractivity contribution in [2.24, 2.45) is 0 Å². The SMILES string of the molecule is COc1cc(OC[C@H]2COCCO2)cc(-c2cc(C#CCNc3ccccc3)ccc2C)n1. The summed E-state index contributed by atoms with van der Waals surface area (Å²) in [5.74, 6) is 7.58. The number of rotatable bonds is 7. The van der Waals surface area contributed by atoms with Crippen molar-refractivity contribution in [3.8, 4) is 34.7 Å². The van der Waals surface area contributed by atoms with E-state index in [2.05, 4.69) is 41.2 Å². The first kappa shape index (κ1) is 22.7. The van der Waals surface area contributed by atoms with Gasteiger partial charge >= 0.3 is 0 Å². The molecule has 1 fully saturated rings. The predicted octanol–water partition coefficient (Wildman–Crippen LogP) is 4.32. The Kier molecular flexibility index (Phi) is 7.81. The van der Waals surface area contributed by atoms with E-state index in [4.69, 9.17) is 18.9 Å². The van der Waals surface area contributed by atoms with Crippen LogP contribution in [-0.4, -0.2) is 51.2 Å². The average molecular weight is 445 g/mol. The van der Waals surface area contributed by atoms with E-state index in [9.17, 15) is 0 Å². The number of nitrogens with zero attached hydrogens (tertiary/aromatic N) is 1. The van der Waals surface area contributed by atoms with Gasteiger partial charge in [0, 0.05) is 28.9 Å². The largest absolute Gasteiger partial charge is 0.491 e. The van der Waals surface area contributed by atoms with E-state index in [1.165, 1.54) is 0 Å². The van der Waals surface area contributed by atoms with Crippen LogP contribution in [0.3, 0.4) is 0 Å².